The Bertz CT molecular complexity index is 1690. The molecule has 9 nitrogen and oxygen atoms in total. The van der Waals surface area contributed by atoms with Gasteiger partial charge in [-0.1, -0.05) is 0 Å². The van der Waals surface area contributed by atoms with Crippen LogP contribution in [0.3, 0.4) is 0 Å². The summed E-state index contributed by atoms with van der Waals surface area (Å²) < 4.78 is 41.6. The van der Waals surface area contributed by atoms with Crippen molar-refractivity contribution in [1.82, 2.24) is 24.1 Å². The normalized spacial score (nSPS) is 12.5. The summed E-state index contributed by atoms with van der Waals surface area (Å²) in [6.45, 7) is 2.02. The lowest BCUT2D eigenvalue weighted by Crippen LogP contribution is -2.26. The Labute approximate surface area is 217 Å². The summed E-state index contributed by atoms with van der Waals surface area (Å²) in [4.78, 5) is 37.6. The van der Waals surface area contributed by atoms with Crippen LogP contribution >= 0.6 is 11.3 Å². The molecule has 5 aromatic rings. The van der Waals surface area contributed by atoms with E-state index in [1.807, 2.05) is 18.2 Å². The lowest BCUT2D eigenvalue weighted by molar-refractivity contribution is -0.140. The number of halogens is 3. The molecule has 0 fully saturated rings. The van der Waals surface area contributed by atoms with Crippen LogP contribution in [-0.2, 0) is 13.1 Å². The maximum absolute atomic E-state index is 13.1. The summed E-state index contributed by atoms with van der Waals surface area (Å²) >= 11 is 1.29. The largest absolute Gasteiger partial charge is 0.406 e. The van der Waals surface area contributed by atoms with Gasteiger partial charge in [-0.2, -0.15) is 13.2 Å². The summed E-state index contributed by atoms with van der Waals surface area (Å²) in [6, 6.07) is 10.1. The minimum absolute atomic E-state index is 0.0577. The number of nitrogens with zero attached hydrogens (tertiary/aromatic N) is 4. The number of alkyl halides is 3. The Balaban J connectivity index is 1.55. The zero-order chi connectivity index (χ0) is 27.2. The van der Waals surface area contributed by atoms with Crippen molar-refractivity contribution in [3.05, 3.63) is 64.2 Å². The molecule has 0 unspecified atom stereocenters. The molecule has 0 atom stereocenters. The van der Waals surface area contributed by atoms with Crippen LogP contribution in [0.4, 0.5) is 19.1 Å². The summed E-state index contributed by atoms with van der Waals surface area (Å²) in [5.74, 6) is -0.236. The van der Waals surface area contributed by atoms with Gasteiger partial charge in [0.15, 0.2) is 0 Å². The molecule has 0 radical (unpaired) electrons. The second-order valence-corrected chi connectivity index (χ2v) is 10.6. The first-order valence-corrected chi connectivity index (χ1v) is 12.4. The summed E-state index contributed by atoms with van der Waals surface area (Å²) in [5, 5.41) is 13.1. The molecule has 198 valence electrons. The van der Waals surface area contributed by atoms with Crippen molar-refractivity contribution < 1.29 is 23.1 Å². The van der Waals surface area contributed by atoms with Crippen molar-refractivity contribution in [2.24, 2.45) is 0 Å². The van der Waals surface area contributed by atoms with E-state index in [-0.39, 0.29) is 29.9 Å². The molecular formula is C25H23F3N6O3S. The van der Waals surface area contributed by atoms with E-state index >= 15 is 0 Å². The Kier molecular flexibility index (Phi) is 6.35. The van der Waals surface area contributed by atoms with E-state index in [9.17, 15) is 27.9 Å². The van der Waals surface area contributed by atoms with Crippen LogP contribution in [0.5, 0.6) is 0 Å². The molecule has 0 aliphatic carbocycles. The van der Waals surface area contributed by atoms with Gasteiger partial charge in [0.05, 0.1) is 32.5 Å². The number of carbonyl (C=O) groups is 1. The number of rotatable bonds is 7. The molecule has 38 heavy (non-hydrogen) atoms. The summed E-state index contributed by atoms with van der Waals surface area (Å²) in [5.41, 5.74) is 0.00930. The number of aromatic amines is 1. The van der Waals surface area contributed by atoms with E-state index in [0.29, 0.717) is 20.5 Å². The van der Waals surface area contributed by atoms with Gasteiger partial charge < -0.3 is 14.7 Å². The number of aromatic nitrogens is 5. The predicted octanol–water partition coefficient (Wildman–Crippen LogP) is 4.78. The van der Waals surface area contributed by atoms with Crippen LogP contribution in [0.15, 0.2) is 53.6 Å². The first-order chi connectivity index (χ1) is 17.9. The van der Waals surface area contributed by atoms with Gasteiger partial charge in [-0.15, -0.1) is 11.3 Å². The molecule has 13 heteroatoms. The molecule has 3 N–H and O–H groups in total. The molecule has 0 saturated heterocycles. The maximum atomic E-state index is 13.1. The zero-order valence-corrected chi connectivity index (χ0v) is 21.2. The minimum Gasteiger partial charge on any atom is -0.390 e. The van der Waals surface area contributed by atoms with Crippen LogP contribution in [0, 0.1) is 0 Å². The highest BCUT2D eigenvalue weighted by atomic mass is 32.1. The highest BCUT2D eigenvalue weighted by Gasteiger charge is 2.30. The van der Waals surface area contributed by atoms with Crippen LogP contribution in [0.25, 0.3) is 32.5 Å². The van der Waals surface area contributed by atoms with E-state index < -0.39 is 29.9 Å². The van der Waals surface area contributed by atoms with Crippen LogP contribution < -0.4 is 11.0 Å². The van der Waals surface area contributed by atoms with Crippen molar-refractivity contribution in [3.8, 4) is 10.4 Å². The number of hydrogen-bond acceptors (Lipinski definition) is 6. The standard InChI is InChI=1S/C25H23F3N6O3S/c1-24(2,37)7-10-33-17-12-18-16(31-23(36)34(18)13-25(26,27)28)11-15(17)30-22(33)32-21(35)20-4-3-19(38-20)14-5-8-29-9-6-14/h3-6,8-9,11-12,37H,7,10,13H2,1-2H3,(H,31,36)(H,30,32,35). The molecule has 1 aromatic carbocycles. The molecule has 4 aromatic heterocycles. The monoisotopic (exact) mass is 544 g/mol. The highest BCUT2D eigenvalue weighted by molar-refractivity contribution is 7.17. The van der Waals surface area contributed by atoms with Crippen molar-refractivity contribution in [2.75, 3.05) is 5.32 Å². The van der Waals surface area contributed by atoms with Crippen molar-refractivity contribution in [3.63, 3.8) is 0 Å². The molecule has 0 bridgehead atoms. The number of aryl methyl sites for hydroxylation is 1. The topological polar surface area (TPSA) is 118 Å². The summed E-state index contributed by atoms with van der Waals surface area (Å²) in [6.07, 6.45) is -0.998. The number of H-pyrrole nitrogens is 1. The highest BCUT2D eigenvalue weighted by Crippen LogP contribution is 2.30. The number of pyridine rings is 1. The number of hydrogen-bond donors (Lipinski definition) is 3. The van der Waals surface area contributed by atoms with Gasteiger partial charge in [0, 0.05) is 23.8 Å². The third-order valence-electron chi connectivity index (χ3n) is 5.95. The van der Waals surface area contributed by atoms with Crippen LogP contribution in [-0.4, -0.2) is 46.9 Å². The van der Waals surface area contributed by atoms with Crippen molar-refractivity contribution in [2.45, 2.75) is 45.1 Å². The lowest BCUT2D eigenvalue weighted by atomic mass is 10.1. The Morgan fingerprint density at radius 2 is 1.84 bits per heavy atom. The van der Waals surface area contributed by atoms with Crippen molar-refractivity contribution >= 4 is 45.3 Å². The number of thiophene rings is 1. The number of carbonyl (C=O) groups excluding carboxylic acids is 1. The number of nitrogens with one attached hydrogen (secondary N) is 2. The van der Waals surface area contributed by atoms with E-state index in [1.54, 1.807) is 36.9 Å². The predicted molar refractivity (Wildman–Crippen MR) is 138 cm³/mol. The molecule has 0 aliphatic heterocycles. The first-order valence-electron chi connectivity index (χ1n) is 11.6. The van der Waals surface area contributed by atoms with Crippen LogP contribution in [0.2, 0.25) is 0 Å². The smallest absolute Gasteiger partial charge is 0.390 e. The van der Waals surface area contributed by atoms with E-state index in [4.69, 9.17) is 0 Å². The zero-order valence-electron chi connectivity index (χ0n) is 20.3. The van der Waals surface area contributed by atoms with E-state index in [0.717, 1.165) is 10.4 Å². The van der Waals surface area contributed by atoms with E-state index in [2.05, 4.69) is 20.3 Å². The average molecular weight is 545 g/mol. The Morgan fingerprint density at radius 3 is 2.53 bits per heavy atom. The first kappa shape index (κ1) is 25.7. The van der Waals surface area contributed by atoms with Gasteiger partial charge in [-0.25, -0.2) is 9.78 Å². The quantitative estimate of drug-likeness (QED) is 0.273. The number of fused-ring (bicyclic) bond motifs is 2. The number of imidazole rings is 2. The van der Waals surface area contributed by atoms with Crippen molar-refractivity contribution in [1.29, 1.82) is 0 Å². The van der Waals surface area contributed by atoms with Gasteiger partial charge in [0.25, 0.3) is 5.91 Å². The third kappa shape index (κ3) is 5.34. The average Bonchev–Trinajstić information content (AvgIpc) is 3.52. The maximum Gasteiger partial charge on any atom is 0.406 e. The number of aliphatic hydroxyl groups is 1. The fourth-order valence-corrected chi connectivity index (χ4v) is 5.02. The Hall–Kier alpha value is -3.97. The molecule has 0 aliphatic rings. The number of benzene rings is 1. The molecule has 0 spiro atoms. The molecular weight excluding hydrogens is 521 g/mol. The minimum atomic E-state index is -4.59. The lowest BCUT2D eigenvalue weighted by Gasteiger charge is -2.18. The molecule has 1 amide bonds. The van der Waals surface area contributed by atoms with Gasteiger partial charge in [0.1, 0.15) is 6.54 Å². The Morgan fingerprint density at radius 1 is 1.11 bits per heavy atom. The van der Waals surface area contributed by atoms with E-state index in [1.165, 1.54) is 23.5 Å². The summed E-state index contributed by atoms with van der Waals surface area (Å²) in [7, 11) is 0. The van der Waals surface area contributed by atoms with Gasteiger partial charge in [0.2, 0.25) is 5.95 Å². The second kappa shape index (κ2) is 9.40. The molecule has 5 rings (SSSR count). The van der Waals surface area contributed by atoms with Gasteiger partial charge in [-0.3, -0.25) is 19.7 Å². The third-order valence-corrected chi connectivity index (χ3v) is 7.08. The van der Waals surface area contributed by atoms with Gasteiger partial charge in [-0.05, 0) is 62.2 Å². The number of anilines is 1. The number of amides is 1. The van der Waals surface area contributed by atoms with Gasteiger partial charge >= 0.3 is 11.9 Å². The second-order valence-electron chi connectivity index (χ2n) is 9.49. The SMILES string of the molecule is CC(C)(O)CCn1c(NC(=O)c2ccc(-c3ccncc3)s2)nc2cc3[nH]c(=O)n(CC(F)(F)F)c3cc21. The van der Waals surface area contributed by atoms with Crippen LogP contribution in [0.1, 0.15) is 29.9 Å². The fraction of sp³-hybridized carbons (Fsp3) is 0.280. The molecule has 0 saturated carbocycles. The fourth-order valence-electron chi connectivity index (χ4n) is 4.11. The molecule has 4 heterocycles.